The number of carbonyl (C=O) groups excluding carboxylic acids is 1. The molecule has 2 aromatic rings. The number of ketones is 1. The Morgan fingerprint density at radius 1 is 1.23 bits per heavy atom. The van der Waals surface area contributed by atoms with Crippen molar-refractivity contribution in [3.05, 3.63) is 45.2 Å². The highest BCUT2D eigenvalue weighted by Crippen LogP contribution is 2.44. The lowest BCUT2D eigenvalue weighted by Crippen LogP contribution is -2.26. The van der Waals surface area contributed by atoms with Crippen molar-refractivity contribution in [1.29, 1.82) is 0 Å². The number of hydrogen-bond acceptors (Lipinski definition) is 5. The van der Waals surface area contributed by atoms with Gasteiger partial charge in [0.1, 0.15) is 18.1 Å². The molecule has 6 nitrogen and oxygen atoms in total. The van der Waals surface area contributed by atoms with Crippen LogP contribution in [-0.2, 0) is 4.74 Å². The summed E-state index contributed by atoms with van der Waals surface area (Å²) in [5.74, 6) is 1.39. The topological polar surface area (TPSA) is 66.8 Å². The van der Waals surface area contributed by atoms with Gasteiger partial charge in [-0.25, -0.2) is 0 Å². The van der Waals surface area contributed by atoms with Crippen LogP contribution in [0.2, 0.25) is 5.02 Å². The number of nitrogens with zero attached hydrogens (tertiary/aromatic N) is 1. The molecular weight excluding hydrogens is 418 g/mol. The van der Waals surface area contributed by atoms with Crippen LogP contribution in [0.1, 0.15) is 55.4 Å². The number of Topliss-reactive ketones (excluding diaryl/α,β-unsaturated/α-hetero) is 1. The van der Waals surface area contributed by atoms with Crippen molar-refractivity contribution in [3.63, 3.8) is 0 Å². The van der Waals surface area contributed by atoms with Crippen molar-refractivity contribution in [2.45, 2.75) is 45.1 Å². The van der Waals surface area contributed by atoms with E-state index < -0.39 is 0 Å². The third kappa shape index (κ3) is 4.51. The maximum atomic E-state index is 12.7. The highest BCUT2D eigenvalue weighted by molar-refractivity contribution is 6.32. The van der Waals surface area contributed by atoms with Gasteiger partial charge in [0.15, 0.2) is 11.2 Å². The summed E-state index contributed by atoms with van der Waals surface area (Å²) in [7, 11) is 1.65. The molecule has 1 saturated carbocycles. The number of benzene rings is 1. The van der Waals surface area contributed by atoms with Crippen LogP contribution in [0.15, 0.2) is 29.2 Å². The van der Waals surface area contributed by atoms with Crippen LogP contribution in [0.3, 0.4) is 0 Å². The van der Waals surface area contributed by atoms with Crippen LogP contribution in [0.5, 0.6) is 11.5 Å². The minimum absolute atomic E-state index is 0.0495. The normalized spacial score (nSPS) is 18.1. The van der Waals surface area contributed by atoms with E-state index in [1.807, 2.05) is 0 Å². The zero-order valence-corrected chi connectivity index (χ0v) is 18.7. The average Bonchev–Trinajstić information content (AvgIpc) is 3.23. The molecule has 1 aliphatic heterocycles. The van der Waals surface area contributed by atoms with E-state index >= 15 is 0 Å². The van der Waals surface area contributed by atoms with Crippen molar-refractivity contribution in [2.24, 2.45) is 5.92 Å². The monoisotopic (exact) mass is 445 g/mol. The lowest BCUT2D eigenvalue weighted by atomic mass is 9.97. The second kappa shape index (κ2) is 9.45. The number of methoxy groups -OCH3 is 1. The zero-order valence-electron chi connectivity index (χ0n) is 18.0. The molecule has 4 rings (SSSR count). The lowest BCUT2D eigenvalue weighted by molar-refractivity contribution is 0.101. The summed E-state index contributed by atoms with van der Waals surface area (Å²) in [6.45, 7) is 2.99. The summed E-state index contributed by atoms with van der Waals surface area (Å²) < 4.78 is 19.2. The van der Waals surface area contributed by atoms with Crippen LogP contribution in [0, 0.1) is 5.92 Å². The number of carbonyl (C=O) groups is 1. The first-order valence-corrected chi connectivity index (χ1v) is 11.2. The van der Waals surface area contributed by atoms with Crippen LogP contribution < -0.4 is 14.9 Å². The summed E-state index contributed by atoms with van der Waals surface area (Å²) in [6.07, 6.45) is 7.06. The summed E-state index contributed by atoms with van der Waals surface area (Å²) >= 11 is 6.53. The van der Waals surface area contributed by atoms with Gasteiger partial charge in [-0.05, 0) is 31.7 Å². The molecule has 2 aliphatic rings. The molecule has 166 valence electrons. The molecule has 1 unspecified atom stereocenters. The Labute approximate surface area is 187 Å². The largest absolute Gasteiger partial charge is 0.492 e. The fourth-order valence-electron chi connectivity index (χ4n) is 4.62. The van der Waals surface area contributed by atoms with E-state index in [9.17, 15) is 9.59 Å². The number of halogens is 1. The van der Waals surface area contributed by atoms with Gasteiger partial charge in [-0.3, -0.25) is 9.59 Å². The van der Waals surface area contributed by atoms with Gasteiger partial charge in [-0.2, -0.15) is 0 Å². The number of aromatic nitrogens is 1. The smallest absolute Gasteiger partial charge is 0.192 e. The Kier molecular flexibility index (Phi) is 6.68. The van der Waals surface area contributed by atoms with E-state index in [-0.39, 0.29) is 22.8 Å². The third-order valence-electron chi connectivity index (χ3n) is 6.23. The number of hydrogen-bond donors (Lipinski definition) is 0. The van der Waals surface area contributed by atoms with Gasteiger partial charge in [0.25, 0.3) is 0 Å². The van der Waals surface area contributed by atoms with E-state index in [0.29, 0.717) is 42.3 Å². The summed E-state index contributed by atoms with van der Waals surface area (Å²) in [5, 5.41) is 0.453. The first-order valence-electron chi connectivity index (χ1n) is 10.8. The molecule has 1 aromatic carbocycles. The fraction of sp³-hybridized carbons (Fsp3) is 0.500. The molecule has 0 radical (unpaired) electrons. The van der Waals surface area contributed by atoms with Crippen molar-refractivity contribution in [2.75, 3.05) is 26.9 Å². The average molecular weight is 446 g/mol. The number of fused-ring (bicyclic) bond motifs is 3. The molecule has 1 fully saturated rings. The van der Waals surface area contributed by atoms with E-state index in [2.05, 4.69) is 4.57 Å². The van der Waals surface area contributed by atoms with Crippen molar-refractivity contribution in [3.8, 4) is 22.8 Å². The molecule has 0 saturated heterocycles. The number of ether oxygens (including phenoxy) is 3. The summed E-state index contributed by atoms with van der Waals surface area (Å²) in [4.78, 5) is 24.8. The molecule has 31 heavy (non-hydrogen) atoms. The molecule has 1 atom stereocenters. The molecule has 1 aromatic heterocycles. The molecule has 1 aliphatic carbocycles. The highest BCUT2D eigenvalue weighted by Gasteiger charge is 2.32. The standard InChI is InChI=1S/C24H28ClNO5/c1-15(27)18-13-26-20(11-22(18)28)17-10-19(25)24(30-9-5-8-29-2)12-23(17)31-14-21(26)16-6-3-4-7-16/h10-13,16,21H,3-9,14H2,1-2H3. The van der Waals surface area contributed by atoms with E-state index in [1.54, 1.807) is 31.5 Å². The summed E-state index contributed by atoms with van der Waals surface area (Å²) in [5.41, 5.74) is 1.39. The maximum absolute atomic E-state index is 12.7. The maximum Gasteiger partial charge on any atom is 0.192 e. The Balaban J connectivity index is 1.78. The van der Waals surface area contributed by atoms with Crippen molar-refractivity contribution >= 4 is 17.4 Å². The fourth-order valence-corrected chi connectivity index (χ4v) is 4.83. The summed E-state index contributed by atoms with van der Waals surface area (Å²) in [6, 6.07) is 5.18. The van der Waals surface area contributed by atoms with Gasteiger partial charge >= 0.3 is 0 Å². The van der Waals surface area contributed by atoms with Gasteiger partial charge in [-0.15, -0.1) is 0 Å². The lowest BCUT2D eigenvalue weighted by Gasteiger charge is -2.26. The van der Waals surface area contributed by atoms with Crippen LogP contribution in [0.4, 0.5) is 0 Å². The van der Waals surface area contributed by atoms with Gasteiger partial charge in [0.05, 0.1) is 28.9 Å². The minimum Gasteiger partial charge on any atom is -0.492 e. The van der Waals surface area contributed by atoms with Crippen molar-refractivity contribution in [1.82, 2.24) is 4.57 Å². The molecular formula is C24H28ClNO5. The zero-order chi connectivity index (χ0) is 22.0. The van der Waals surface area contributed by atoms with Crippen LogP contribution >= 0.6 is 11.6 Å². The Morgan fingerprint density at radius 3 is 2.71 bits per heavy atom. The quantitative estimate of drug-likeness (QED) is 0.447. The highest BCUT2D eigenvalue weighted by atomic mass is 35.5. The third-order valence-corrected chi connectivity index (χ3v) is 6.53. The molecule has 0 spiro atoms. The van der Waals surface area contributed by atoms with Gasteiger partial charge in [0.2, 0.25) is 0 Å². The molecule has 7 heteroatoms. The molecule has 0 amide bonds. The van der Waals surface area contributed by atoms with Crippen LogP contribution in [-0.4, -0.2) is 37.3 Å². The van der Waals surface area contributed by atoms with Gasteiger partial charge in [-0.1, -0.05) is 24.4 Å². The molecule has 0 bridgehead atoms. The molecule has 2 heterocycles. The number of rotatable bonds is 7. The Bertz CT molecular complexity index is 1030. The number of pyridine rings is 1. The van der Waals surface area contributed by atoms with E-state index in [4.69, 9.17) is 25.8 Å². The second-order valence-corrected chi connectivity index (χ2v) is 8.70. The SMILES string of the molecule is COCCCOc1cc2c(cc1Cl)-c1cc(=O)c(C(C)=O)cn1C(C1CCCC1)CO2. The van der Waals surface area contributed by atoms with Crippen molar-refractivity contribution < 1.29 is 19.0 Å². The minimum atomic E-state index is -0.284. The molecule has 0 N–H and O–H groups in total. The van der Waals surface area contributed by atoms with Gasteiger partial charge in [0, 0.05) is 44.0 Å². The Hall–Kier alpha value is -2.31. The first kappa shape index (κ1) is 21.9. The predicted octanol–water partition coefficient (Wildman–Crippen LogP) is 4.91. The van der Waals surface area contributed by atoms with E-state index in [1.165, 1.54) is 19.8 Å². The van der Waals surface area contributed by atoms with E-state index in [0.717, 1.165) is 30.5 Å². The Morgan fingerprint density at radius 2 is 2.00 bits per heavy atom. The van der Waals surface area contributed by atoms with Gasteiger partial charge < -0.3 is 18.8 Å². The predicted molar refractivity (Wildman–Crippen MR) is 120 cm³/mol. The second-order valence-electron chi connectivity index (χ2n) is 8.30. The first-order chi connectivity index (χ1) is 15.0. The van der Waals surface area contributed by atoms with Crippen LogP contribution in [0.25, 0.3) is 11.3 Å².